The van der Waals surface area contributed by atoms with Crippen molar-refractivity contribution >= 4 is 0 Å². The summed E-state index contributed by atoms with van der Waals surface area (Å²) in [4.78, 5) is 0. The normalized spacial score (nSPS) is 24.7. The van der Waals surface area contributed by atoms with Gasteiger partial charge in [0.15, 0.2) is 0 Å². The Morgan fingerprint density at radius 2 is 1.61 bits per heavy atom. The number of nitrogens with zero attached hydrogens (tertiary/aromatic N) is 2. The third kappa shape index (κ3) is 4.89. The molecule has 0 amide bonds. The first-order chi connectivity index (χ1) is 14.8. The molecule has 4 heteroatoms. The topological polar surface area (TPSA) is 59.2 Å². The average molecular weight is 425 g/mol. The Bertz CT molecular complexity index is 875. The predicted octanol–water partition coefficient (Wildman–Crippen LogP) is 6.91. The van der Waals surface area contributed by atoms with Crippen molar-refractivity contribution in [2.24, 2.45) is 5.92 Å². The molecule has 0 radical (unpaired) electrons. The molecule has 0 unspecified atom stereocenters. The highest BCUT2D eigenvalue weighted by Gasteiger charge is 2.37. The standard InChI is InChI=1S/C27H40N2O2/c1-26(2)15-16-27(3,4)23-18-21(13-14-22(23)26)25-29-28-24(31-25)20-11-9-19(10-12-20)8-6-5-7-17-30/h13-14,18-20,30H,5-12,15-17H2,1-4H3. The molecule has 2 aliphatic rings. The lowest BCUT2D eigenvalue weighted by atomic mass is 9.63. The molecule has 31 heavy (non-hydrogen) atoms. The Labute approximate surface area is 187 Å². The summed E-state index contributed by atoms with van der Waals surface area (Å²) >= 11 is 0. The number of fused-ring (bicyclic) bond motifs is 1. The zero-order valence-corrected chi connectivity index (χ0v) is 19.9. The predicted molar refractivity (Wildman–Crippen MR) is 125 cm³/mol. The van der Waals surface area contributed by atoms with Gasteiger partial charge in [-0.3, -0.25) is 0 Å². The second-order valence-electron chi connectivity index (χ2n) is 11.3. The molecule has 0 saturated heterocycles. The highest BCUT2D eigenvalue weighted by Crippen LogP contribution is 2.47. The summed E-state index contributed by atoms with van der Waals surface area (Å²) in [6.07, 6.45) is 11.9. The Morgan fingerprint density at radius 3 is 2.32 bits per heavy atom. The molecule has 2 aromatic rings. The molecule has 170 valence electrons. The van der Waals surface area contributed by atoms with Gasteiger partial charge in [0.2, 0.25) is 11.8 Å². The van der Waals surface area contributed by atoms with Crippen LogP contribution in [-0.2, 0) is 10.8 Å². The Kier molecular flexibility index (Phi) is 6.57. The number of benzene rings is 1. The summed E-state index contributed by atoms with van der Waals surface area (Å²) in [5, 5.41) is 17.8. The zero-order valence-electron chi connectivity index (χ0n) is 19.9. The summed E-state index contributed by atoms with van der Waals surface area (Å²) in [6.45, 7) is 9.74. The molecule has 1 N–H and O–H groups in total. The van der Waals surface area contributed by atoms with Crippen LogP contribution in [0.15, 0.2) is 22.6 Å². The van der Waals surface area contributed by atoms with Crippen LogP contribution in [0.3, 0.4) is 0 Å². The van der Waals surface area contributed by atoms with Crippen molar-refractivity contribution in [2.45, 2.75) is 109 Å². The van der Waals surface area contributed by atoms with Gasteiger partial charge in [-0.1, -0.05) is 53.0 Å². The average Bonchev–Trinajstić information content (AvgIpc) is 3.25. The zero-order chi connectivity index (χ0) is 22.1. The lowest BCUT2D eigenvalue weighted by Crippen LogP contribution is -2.33. The summed E-state index contributed by atoms with van der Waals surface area (Å²) in [7, 11) is 0. The van der Waals surface area contributed by atoms with Crippen LogP contribution in [0.2, 0.25) is 0 Å². The van der Waals surface area contributed by atoms with Gasteiger partial charge >= 0.3 is 0 Å². The Balaban J connectivity index is 1.43. The van der Waals surface area contributed by atoms with Crippen molar-refractivity contribution in [3.8, 4) is 11.5 Å². The van der Waals surface area contributed by atoms with Gasteiger partial charge in [-0.2, -0.15) is 0 Å². The lowest BCUT2D eigenvalue weighted by Gasteiger charge is -2.41. The second kappa shape index (κ2) is 9.05. The van der Waals surface area contributed by atoms with Gasteiger partial charge in [-0.15, -0.1) is 10.2 Å². The van der Waals surface area contributed by atoms with Gasteiger partial charge in [0, 0.05) is 18.1 Å². The largest absolute Gasteiger partial charge is 0.420 e. The van der Waals surface area contributed by atoms with E-state index in [9.17, 15) is 0 Å². The highest BCUT2D eigenvalue weighted by atomic mass is 16.4. The number of unbranched alkanes of at least 4 members (excludes halogenated alkanes) is 2. The van der Waals surface area contributed by atoms with E-state index >= 15 is 0 Å². The van der Waals surface area contributed by atoms with E-state index in [2.05, 4.69) is 56.1 Å². The smallest absolute Gasteiger partial charge is 0.247 e. The van der Waals surface area contributed by atoms with Crippen LogP contribution in [-0.4, -0.2) is 21.9 Å². The maximum absolute atomic E-state index is 8.93. The van der Waals surface area contributed by atoms with Crippen molar-refractivity contribution < 1.29 is 9.52 Å². The van der Waals surface area contributed by atoms with Gasteiger partial charge in [0.1, 0.15) is 0 Å². The molecular formula is C27H40N2O2. The van der Waals surface area contributed by atoms with Crippen LogP contribution in [0, 0.1) is 5.92 Å². The Hall–Kier alpha value is -1.68. The molecule has 4 rings (SSSR count). The first-order valence-electron chi connectivity index (χ1n) is 12.4. The van der Waals surface area contributed by atoms with E-state index in [1.165, 1.54) is 49.7 Å². The minimum Gasteiger partial charge on any atom is -0.420 e. The fraction of sp³-hybridized carbons (Fsp3) is 0.704. The summed E-state index contributed by atoms with van der Waals surface area (Å²) in [6, 6.07) is 6.76. The van der Waals surface area contributed by atoms with Crippen molar-refractivity contribution in [3.05, 3.63) is 35.2 Å². The van der Waals surface area contributed by atoms with E-state index < -0.39 is 0 Å². The van der Waals surface area contributed by atoms with E-state index in [0.717, 1.165) is 43.1 Å². The summed E-state index contributed by atoms with van der Waals surface area (Å²) < 4.78 is 6.22. The lowest BCUT2D eigenvalue weighted by molar-refractivity contribution is 0.262. The third-order valence-electron chi connectivity index (χ3n) is 8.01. The fourth-order valence-corrected chi connectivity index (χ4v) is 5.66. The van der Waals surface area contributed by atoms with E-state index in [1.54, 1.807) is 0 Å². The van der Waals surface area contributed by atoms with Gasteiger partial charge in [-0.25, -0.2) is 0 Å². The van der Waals surface area contributed by atoms with Crippen LogP contribution < -0.4 is 0 Å². The van der Waals surface area contributed by atoms with E-state index in [-0.39, 0.29) is 10.8 Å². The monoisotopic (exact) mass is 424 g/mol. The van der Waals surface area contributed by atoms with Crippen molar-refractivity contribution in [3.63, 3.8) is 0 Å². The molecule has 0 atom stereocenters. The molecule has 2 aliphatic carbocycles. The minimum absolute atomic E-state index is 0.180. The Morgan fingerprint density at radius 1 is 0.903 bits per heavy atom. The molecule has 1 aromatic carbocycles. The van der Waals surface area contributed by atoms with Crippen LogP contribution in [0.1, 0.15) is 115 Å². The highest BCUT2D eigenvalue weighted by molar-refractivity contribution is 5.58. The molecule has 1 heterocycles. The van der Waals surface area contributed by atoms with Gasteiger partial charge < -0.3 is 9.52 Å². The number of hydrogen-bond acceptors (Lipinski definition) is 4. The molecule has 0 aliphatic heterocycles. The summed E-state index contributed by atoms with van der Waals surface area (Å²) in [5.74, 6) is 2.72. The maximum Gasteiger partial charge on any atom is 0.247 e. The number of aromatic nitrogens is 2. The maximum atomic E-state index is 8.93. The third-order valence-corrected chi connectivity index (χ3v) is 8.01. The van der Waals surface area contributed by atoms with Crippen LogP contribution in [0.4, 0.5) is 0 Å². The summed E-state index contributed by atoms with van der Waals surface area (Å²) in [5.41, 5.74) is 4.35. The van der Waals surface area contributed by atoms with Crippen molar-refractivity contribution in [2.75, 3.05) is 6.61 Å². The second-order valence-corrected chi connectivity index (χ2v) is 11.3. The van der Waals surface area contributed by atoms with Gasteiger partial charge in [0.05, 0.1) is 0 Å². The minimum atomic E-state index is 0.180. The molecule has 1 saturated carbocycles. The number of rotatable bonds is 7. The molecular weight excluding hydrogens is 384 g/mol. The van der Waals surface area contributed by atoms with Crippen LogP contribution in [0.25, 0.3) is 11.5 Å². The van der Waals surface area contributed by atoms with Crippen LogP contribution >= 0.6 is 0 Å². The fourth-order valence-electron chi connectivity index (χ4n) is 5.66. The van der Waals surface area contributed by atoms with Gasteiger partial charge in [-0.05, 0) is 85.0 Å². The number of aliphatic hydroxyl groups excluding tert-OH is 1. The van der Waals surface area contributed by atoms with Crippen molar-refractivity contribution in [1.29, 1.82) is 0 Å². The molecule has 0 bridgehead atoms. The molecule has 1 aromatic heterocycles. The van der Waals surface area contributed by atoms with Crippen LogP contribution in [0.5, 0.6) is 0 Å². The van der Waals surface area contributed by atoms with E-state index in [1.807, 2.05) is 0 Å². The molecule has 0 spiro atoms. The number of aliphatic hydroxyl groups is 1. The van der Waals surface area contributed by atoms with Crippen molar-refractivity contribution in [1.82, 2.24) is 10.2 Å². The quantitative estimate of drug-likeness (QED) is 0.490. The SMILES string of the molecule is CC1(C)CCC(C)(C)c2cc(-c3nnc(C4CCC(CCCCCO)CC4)o3)ccc21. The first-order valence-corrected chi connectivity index (χ1v) is 12.4. The van der Waals surface area contributed by atoms with E-state index in [4.69, 9.17) is 9.52 Å². The van der Waals surface area contributed by atoms with Gasteiger partial charge in [0.25, 0.3) is 0 Å². The van der Waals surface area contributed by atoms with E-state index in [0.29, 0.717) is 18.4 Å². The molecule has 1 fully saturated rings. The number of hydrogen-bond donors (Lipinski definition) is 1. The first kappa shape index (κ1) is 22.5. The molecule has 4 nitrogen and oxygen atoms in total.